The van der Waals surface area contributed by atoms with Gasteiger partial charge in [0, 0.05) is 10.6 Å². The van der Waals surface area contributed by atoms with Crippen LogP contribution in [-0.4, -0.2) is 19.2 Å². The standard InChI is InChI=1S/C23H20ClFN2O3/c1-29-22-12-17(8-11-21(22)30-15-18-4-2-3-5-20(18)25)14-26-27-23(28)13-16-6-9-19(24)10-7-16/h2-12,14H,13,15H2,1H3,(H,27,28)/b26-14-. The van der Waals surface area contributed by atoms with Crippen LogP contribution in [0.5, 0.6) is 11.5 Å². The van der Waals surface area contributed by atoms with Crippen molar-refractivity contribution in [2.75, 3.05) is 7.11 Å². The van der Waals surface area contributed by atoms with Gasteiger partial charge in [-0.2, -0.15) is 5.10 Å². The summed E-state index contributed by atoms with van der Waals surface area (Å²) in [5.41, 5.74) is 4.48. The van der Waals surface area contributed by atoms with E-state index in [1.54, 1.807) is 60.7 Å². The highest BCUT2D eigenvalue weighted by molar-refractivity contribution is 6.30. The number of hydrogen-bond donors (Lipinski definition) is 1. The maximum atomic E-state index is 13.7. The molecule has 0 saturated carbocycles. The summed E-state index contributed by atoms with van der Waals surface area (Å²) in [5, 5.41) is 4.59. The third kappa shape index (κ3) is 6.06. The lowest BCUT2D eigenvalue weighted by Gasteiger charge is -2.11. The van der Waals surface area contributed by atoms with Gasteiger partial charge in [-0.1, -0.05) is 41.9 Å². The molecule has 0 heterocycles. The number of nitrogens with one attached hydrogen (secondary N) is 1. The molecule has 3 aromatic carbocycles. The molecule has 3 rings (SSSR count). The number of nitrogens with zero attached hydrogens (tertiary/aromatic N) is 1. The van der Waals surface area contributed by atoms with Crippen LogP contribution < -0.4 is 14.9 Å². The highest BCUT2D eigenvalue weighted by Crippen LogP contribution is 2.28. The Morgan fingerprint density at radius 1 is 1.10 bits per heavy atom. The molecule has 0 unspecified atom stereocenters. The first-order valence-electron chi connectivity index (χ1n) is 9.16. The van der Waals surface area contributed by atoms with Gasteiger partial charge in [0.2, 0.25) is 5.91 Å². The van der Waals surface area contributed by atoms with Crippen LogP contribution in [0.3, 0.4) is 0 Å². The highest BCUT2D eigenvalue weighted by Gasteiger charge is 2.08. The molecule has 0 spiro atoms. The molecule has 0 aliphatic carbocycles. The zero-order chi connectivity index (χ0) is 21.3. The fraction of sp³-hybridized carbons (Fsp3) is 0.130. The monoisotopic (exact) mass is 426 g/mol. The normalized spacial score (nSPS) is 10.8. The lowest BCUT2D eigenvalue weighted by Crippen LogP contribution is -2.19. The van der Waals surface area contributed by atoms with E-state index in [1.807, 2.05) is 0 Å². The molecule has 1 amide bonds. The van der Waals surface area contributed by atoms with Crippen molar-refractivity contribution in [3.8, 4) is 11.5 Å². The molecule has 0 aromatic heterocycles. The van der Waals surface area contributed by atoms with Crippen LogP contribution >= 0.6 is 11.6 Å². The Morgan fingerprint density at radius 3 is 2.60 bits per heavy atom. The lowest BCUT2D eigenvalue weighted by molar-refractivity contribution is -0.120. The molecule has 0 bridgehead atoms. The minimum atomic E-state index is -0.324. The van der Waals surface area contributed by atoms with E-state index >= 15 is 0 Å². The van der Waals surface area contributed by atoms with Crippen molar-refractivity contribution in [2.24, 2.45) is 5.10 Å². The molecule has 154 valence electrons. The van der Waals surface area contributed by atoms with Gasteiger partial charge in [0.25, 0.3) is 0 Å². The van der Waals surface area contributed by atoms with E-state index in [0.717, 1.165) is 5.56 Å². The largest absolute Gasteiger partial charge is 0.493 e. The van der Waals surface area contributed by atoms with Gasteiger partial charge in [-0.05, 0) is 47.5 Å². The van der Waals surface area contributed by atoms with E-state index in [-0.39, 0.29) is 24.8 Å². The Balaban J connectivity index is 1.57. The van der Waals surface area contributed by atoms with Crippen molar-refractivity contribution >= 4 is 23.7 Å². The zero-order valence-electron chi connectivity index (χ0n) is 16.3. The average Bonchev–Trinajstić information content (AvgIpc) is 2.75. The summed E-state index contributed by atoms with van der Waals surface area (Å²) in [5.74, 6) is 0.382. The first-order chi connectivity index (χ1) is 14.5. The maximum absolute atomic E-state index is 13.7. The van der Waals surface area contributed by atoms with Crippen LogP contribution in [0.4, 0.5) is 4.39 Å². The summed E-state index contributed by atoms with van der Waals surface area (Å²) in [4.78, 5) is 12.0. The molecule has 7 heteroatoms. The summed E-state index contributed by atoms with van der Waals surface area (Å²) >= 11 is 5.83. The number of amides is 1. The third-order valence-electron chi connectivity index (χ3n) is 4.21. The molecule has 0 atom stereocenters. The van der Waals surface area contributed by atoms with Crippen molar-refractivity contribution in [3.63, 3.8) is 0 Å². The van der Waals surface area contributed by atoms with E-state index in [2.05, 4.69) is 10.5 Å². The van der Waals surface area contributed by atoms with Gasteiger partial charge < -0.3 is 9.47 Å². The van der Waals surface area contributed by atoms with Gasteiger partial charge in [-0.3, -0.25) is 4.79 Å². The molecule has 0 aliphatic rings. The van der Waals surface area contributed by atoms with Crippen LogP contribution in [0.2, 0.25) is 5.02 Å². The minimum absolute atomic E-state index is 0.0806. The second kappa shape index (κ2) is 10.4. The van der Waals surface area contributed by atoms with Crippen molar-refractivity contribution in [2.45, 2.75) is 13.0 Å². The quantitative estimate of drug-likeness (QED) is 0.417. The lowest BCUT2D eigenvalue weighted by atomic mass is 10.1. The van der Waals surface area contributed by atoms with Gasteiger partial charge in [0.15, 0.2) is 11.5 Å². The second-order valence-corrected chi connectivity index (χ2v) is 6.82. The molecular formula is C23H20ClFN2O3. The predicted molar refractivity (Wildman–Crippen MR) is 115 cm³/mol. The number of halogens is 2. The van der Waals surface area contributed by atoms with E-state index < -0.39 is 0 Å². The van der Waals surface area contributed by atoms with E-state index in [9.17, 15) is 9.18 Å². The van der Waals surface area contributed by atoms with E-state index in [1.165, 1.54) is 19.4 Å². The Kier molecular flexibility index (Phi) is 7.40. The van der Waals surface area contributed by atoms with Crippen LogP contribution in [-0.2, 0) is 17.8 Å². The Hall–Kier alpha value is -3.38. The van der Waals surface area contributed by atoms with E-state index in [0.29, 0.717) is 27.6 Å². The number of rotatable bonds is 8. The smallest absolute Gasteiger partial charge is 0.244 e. The number of hydrazone groups is 1. The maximum Gasteiger partial charge on any atom is 0.244 e. The molecule has 0 aliphatic heterocycles. The first kappa shape index (κ1) is 21.3. The van der Waals surface area contributed by atoms with Crippen LogP contribution in [0.25, 0.3) is 0 Å². The molecule has 30 heavy (non-hydrogen) atoms. The van der Waals surface area contributed by atoms with Gasteiger partial charge in [-0.25, -0.2) is 9.82 Å². The van der Waals surface area contributed by atoms with E-state index in [4.69, 9.17) is 21.1 Å². The van der Waals surface area contributed by atoms with Crippen molar-refractivity contribution in [1.29, 1.82) is 0 Å². The summed E-state index contributed by atoms with van der Waals surface area (Å²) in [6.07, 6.45) is 1.70. The molecule has 5 nitrogen and oxygen atoms in total. The zero-order valence-corrected chi connectivity index (χ0v) is 17.0. The predicted octanol–water partition coefficient (Wildman–Crippen LogP) is 4.76. The number of carbonyl (C=O) groups is 1. The van der Waals surface area contributed by atoms with Gasteiger partial charge in [0.1, 0.15) is 12.4 Å². The van der Waals surface area contributed by atoms with Crippen LogP contribution in [0.1, 0.15) is 16.7 Å². The average molecular weight is 427 g/mol. The fourth-order valence-electron chi connectivity index (χ4n) is 2.66. The molecule has 0 fully saturated rings. The second-order valence-electron chi connectivity index (χ2n) is 6.39. The Morgan fingerprint density at radius 2 is 1.87 bits per heavy atom. The number of carbonyl (C=O) groups excluding carboxylic acids is 1. The molecular weight excluding hydrogens is 407 g/mol. The Bertz CT molecular complexity index is 1040. The molecule has 1 N–H and O–H groups in total. The summed E-state index contributed by atoms with van der Waals surface area (Å²) in [6.45, 7) is 0.0806. The highest BCUT2D eigenvalue weighted by atomic mass is 35.5. The summed E-state index contributed by atoms with van der Waals surface area (Å²) in [7, 11) is 1.51. The van der Waals surface area contributed by atoms with Gasteiger partial charge in [0.05, 0.1) is 19.7 Å². The van der Waals surface area contributed by atoms with Gasteiger partial charge >= 0.3 is 0 Å². The topological polar surface area (TPSA) is 59.9 Å². The number of benzene rings is 3. The Labute approximate surface area is 179 Å². The van der Waals surface area contributed by atoms with Crippen molar-refractivity contribution in [1.82, 2.24) is 5.43 Å². The third-order valence-corrected chi connectivity index (χ3v) is 4.46. The first-order valence-corrected chi connectivity index (χ1v) is 9.53. The van der Waals surface area contributed by atoms with Gasteiger partial charge in [-0.15, -0.1) is 0 Å². The minimum Gasteiger partial charge on any atom is -0.493 e. The van der Waals surface area contributed by atoms with Crippen LogP contribution in [0.15, 0.2) is 71.8 Å². The van der Waals surface area contributed by atoms with Crippen molar-refractivity contribution < 1.29 is 18.7 Å². The number of ether oxygens (including phenoxy) is 2. The summed E-state index contributed by atoms with van der Waals surface area (Å²) in [6, 6.07) is 18.6. The molecule has 3 aromatic rings. The fourth-order valence-corrected chi connectivity index (χ4v) is 2.79. The van der Waals surface area contributed by atoms with Crippen LogP contribution in [0, 0.1) is 5.82 Å². The molecule has 0 radical (unpaired) electrons. The van der Waals surface area contributed by atoms with Crippen molar-refractivity contribution in [3.05, 3.63) is 94.3 Å². The number of hydrogen-bond acceptors (Lipinski definition) is 4. The number of methoxy groups -OCH3 is 1. The molecule has 0 saturated heterocycles. The SMILES string of the molecule is COc1cc(/C=N\NC(=O)Cc2ccc(Cl)cc2)ccc1OCc1ccccc1F. The summed E-state index contributed by atoms with van der Waals surface area (Å²) < 4.78 is 24.8.